The normalized spacial score (nSPS) is 15.6. The first-order valence-electron chi connectivity index (χ1n) is 24.0. The van der Waals surface area contributed by atoms with Gasteiger partial charge in [-0.2, -0.15) is 5.43 Å². The highest BCUT2D eigenvalue weighted by atomic mass is 127. The van der Waals surface area contributed by atoms with Crippen LogP contribution in [0.1, 0.15) is 48.7 Å². The number of alkyl carbamates (subject to hydrolysis) is 1. The lowest BCUT2D eigenvalue weighted by atomic mass is 9.77. The monoisotopic (exact) mass is 1210 g/mol. The van der Waals surface area contributed by atoms with E-state index in [-0.39, 0.29) is 54.2 Å². The van der Waals surface area contributed by atoms with Crippen LogP contribution in [0.4, 0.5) is 9.93 Å². The van der Waals surface area contributed by atoms with Gasteiger partial charge in [-0.15, -0.1) is 34.9 Å². The lowest BCUT2D eigenvalue weighted by molar-refractivity contribution is -0.650. The van der Waals surface area contributed by atoms with Crippen molar-refractivity contribution in [1.29, 1.82) is 0 Å². The van der Waals surface area contributed by atoms with Crippen LogP contribution < -0.4 is 54.8 Å². The minimum atomic E-state index is -1.04. The molecule has 2 aromatic heterocycles. The van der Waals surface area contributed by atoms with Gasteiger partial charge in [-0.3, -0.25) is 14.5 Å². The SMILES string of the molecule is CO/N=C(\C(=O)N[C@@H]1C(=O)N2C(C(=O)OCc3ccc(OC)cc3)=C(CSc3cc[n+](NC[C@H](NC(=O)OC(C)(C)C)C(=O)OC)cc3)CS[C@H]12)c1csc(NC(c2ccccc2)(c2ccccc2)c2ccccc2)n1.[I-]. The molecule has 0 spiro atoms. The summed E-state index contributed by atoms with van der Waals surface area (Å²) in [5.41, 5.74) is 5.88. The molecule has 3 atom stereocenters. The van der Waals surface area contributed by atoms with E-state index in [0.717, 1.165) is 21.6 Å². The van der Waals surface area contributed by atoms with Crippen LogP contribution in [-0.4, -0.2) is 108 Å². The second kappa shape index (κ2) is 26.3. The Balaban J connectivity index is 0.00000861. The summed E-state index contributed by atoms with van der Waals surface area (Å²) >= 11 is 4.14. The molecule has 2 aliphatic heterocycles. The number of esters is 2. The van der Waals surface area contributed by atoms with Crippen LogP contribution in [-0.2, 0) is 50.4 Å². The number of anilines is 1. The van der Waals surface area contributed by atoms with Crippen LogP contribution >= 0.6 is 34.9 Å². The molecule has 0 radical (unpaired) electrons. The van der Waals surface area contributed by atoms with Gasteiger partial charge in [-0.25, -0.2) is 19.4 Å². The van der Waals surface area contributed by atoms with Crippen LogP contribution in [0.2, 0.25) is 0 Å². The number of ether oxygens (including phenoxy) is 4. The van der Waals surface area contributed by atoms with E-state index in [1.165, 1.54) is 54.0 Å². The van der Waals surface area contributed by atoms with E-state index in [9.17, 15) is 24.0 Å². The summed E-state index contributed by atoms with van der Waals surface area (Å²) < 4.78 is 22.9. The lowest BCUT2D eigenvalue weighted by Gasteiger charge is -2.49. The number of rotatable bonds is 21. The summed E-state index contributed by atoms with van der Waals surface area (Å²) in [7, 11) is 4.12. The number of halogens is 1. The number of aromatic nitrogens is 2. The number of methoxy groups -OCH3 is 2. The number of carbonyl (C=O) groups excluding carboxylic acids is 5. The summed E-state index contributed by atoms with van der Waals surface area (Å²) in [4.78, 5) is 79.9. The predicted octanol–water partition coefficient (Wildman–Crippen LogP) is 4.00. The zero-order chi connectivity index (χ0) is 53.8. The molecule has 18 nitrogen and oxygen atoms in total. The Bertz CT molecular complexity index is 2980. The molecule has 0 aliphatic carbocycles. The van der Waals surface area contributed by atoms with Gasteiger partial charge in [0.1, 0.15) is 60.0 Å². The third-order valence-electron chi connectivity index (χ3n) is 12.0. The Morgan fingerprint density at radius 1 is 0.857 bits per heavy atom. The predicted molar refractivity (Wildman–Crippen MR) is 290 cm³/mol. The zero-order valence-corrected chi connectivity index (χ0v) is 47.5. The van der Waals surface area contributed by atoms with Gasteiger partial charge < -0.3 is 63.7 Å². The number of hydrogen-bond acceptors (Lipinski definition) is 17. The van der Waals surface area contributed by atoms with Crippen LogP contribution in [0.3, 0.4) is 0 Å². The van der Waals surface area contributed by atoms with E-state index in [1.807, 2.05) is 66.7 Å². The number of nitrogens with one attached hydrogen (secondary N) is 4. The second-order valence-electron chi connectivity index (χ2n) is 18.2. The summed E-state index contributed by atoms with van der Waals surface area (Å²) in [6, 6.07) is 38.8. The highest BCUT2D eigenvalue weighted by molar-refractivity contribution is 8.01. The fourth-order valence-electron chi connectivity index (χ4n) is 8.38. The van der Waals surface area contributed by atoms with E-state index in [1.54, 1.807) is 74.6 Å². The molecule has 4 aromatic carbocycles. The third kappa shape index (κ3) is 13.9. The molecular weight excluding hydrogens is 1160 g/mol. The first kappa shape index (κ1) is 57.6. The number of fused-ring (bicyclic) bond motifs is 1. The van der Waals surface area contributed by atoms with Crippen LogP contribution in [0.15, 0.2) is 166 Å². The van der Waals surface area contributed by atoms with E-state index < -0.39 is 58.4 Å². The van der Waals surface area contributed by atoms with Crippen molar-refractivity contribution in [1.82, 2.24) is 20.5 Å². The third-order valence-corrected chi connectivity index (χ3v) is 15.2. The van der Waals surface area contributed by atoms with Gasteiger partial charge in [0.2, 0.25) is 12.4 Å². The van der Waals surface area contributed by atoms with Crippen LogP contribution in [0, 0.1) is 0 Å². The van der Waals surface area contributed by atoms with Gasteiger partial charge in [0.05, 0.1) is 14.2 Å². The molecule has 77 heavy (non-hydrogen) atoms. The van der Waals surface area contributed by atoms with E-state index in [0.29, 0.717) is 33.5 Å². The largest absolute Gasteiger partial charge is 1.00 e. The second-order valence-corrected chi connectivity index (χ2v) is 21.2. The molecule has 22 heteroatoms. The number of thiazole rings is 1. The first-order valence-corrected chi connectivity index (χ1v) is 26.9. The minimum Gasteiger partial charge on any atom is -1.00 e. The van der Waals surface area contributed by atoms with Crippen molar-refractivity contribution in [2.24, 2.45) is 5.16 Å². The molecule has 1 fully saturated rings. The number of pyridine rings is 1. The van der Waals surface area contributed by atoms with Gasteiger partial charge in [-0.05, 0) is 60.7 Å². The lowest BCUT2D eigenvalue weighted by Crippen LogP contribution is -3.00. The Hall–Kier alpha value is -7.15. The maximum absolute atomic E-state index is 14.3. The van der Waals surface area contributed by atoms with Crippen molar-refractivity contribution in [3.8, 4) is 5.75 Å². The Kier molecular flexibility index (Phi) is 19.6. The molecule has 0 unspecified atom stereocenters. The van der Waals surface area contributed by atoms with E-state index in [4.69, 9.17) is 28.8 Å². The van der Waals surface area contributed by atoms with Gasteiger partial charge in [-0.1, -0.05) is 113 Å². The van der Waals surface area contributed by atoms with Crippen LogP contribution in [0.5, 0.6) is 5.75 Å². The smallest absolute Gasteiger partial charge is 0.408 e. The van der Waals surface area contributed by atoms with Crippen molar-refractivity contribution < 1.29 is 76.4 Å². The Morgan fingerprint density at radius 2 is 1.47 bits per heavy atom. The number of carbonyl (C=O) groups is 5. The molecular formula is C55H57IN8O10S3. The van der Waals surface area contributed by atoms with Gasteiger partial charge in [0.25, 0.3) is 11.8 Å². The molecule has 0 bridgehead atoms. The quantitative estimate of drug-likeness (QED) is 0.00924. The number of nitrogens with zero attached hydrogens (tertiary/aromatic N) is 4. The van der Waals surface area contributed by atoms with Crippen molar-refractivity contribution in [3.63, 3.8) is 0 Å². The van der Waals surface area contributed by atoms with E-state index in [2.05, 4.69) is 62.9 Å². The highest BCUT2D eigenvalue weighted by Gasteiger charge is 2.55. The standard InChI is InChI=1S/C55H56N8O10S3.HI/c1-54(2,3)73-53(68)58-42(50(66)70-5)30-56-62-28-26-41(27-29-62)74-32-36-33-75-49-45(48(65)63(49)46(36)51(67)72-31-35-22-24-40(69-4)25-23-35)59-47(64)44(61-71-6)43-34-76-52(57-43)60-55(37-16-10-7-11-17-37,38-18-12-8-13-19-38)39-20-14-9-15-21-39;/h7-29,34,42,45,49,56H,30-33H2,1-6H3,(H2-,57,58,59,60,64,68);1H/b61-44-;/t42-,45+,49+;/m0./s1. The minimum absolute atomic E-state index is 0. The maximum Gasteiger partial charge on any atom is 0.408 e. The topological polar surface area (TPSA) is 212 Å². The number of oxime groups is 1. The van der Waals surface area contributed by atoms with Crippen LogP contribution in [0.25, 0.3) is 0 Å². The molecule has 4 N–H and O–H groups in total. The molecule has 3 amide bonds. The number of benzene rings is 4. The summed E-state index contributed by atoms with van der Waals surface area (Å²) in [5.74, 6) is -1.22. The summed E-state index contributed by atoms with van der Waals surface area (Å²) in [5, 5.41) is 14.8. The number of thioether (sulfide) groups is 2. The van der Waals surface area contributed by atoms with Gasteiger partial charge in [0, 0.05) is 33.9 Å². The fourth-order valence-corrected chi connectivity index (χ4v) is 11.5. The summed E-state index contributed by atoms with van der Waals surface area (Å²) in [6.07, 6.45) is 2.71. The first-order chi connectivity index (χ1) is 36.7. The summed E-state index contributed by atoms with van der Waals surface area (Å²) in [6.45, 7) is 5.08. The highest BCUT2D eigenvalue weighted by Crippen LogP contribution is 2.43. The molecule has 6 aromatic rings. The van der Waals surface area contributed by atoms with Crippen molar-refractivity contribution >= 4 is 75.6 Å². The van der Waals surface area contributed by atoms with E-state index >= 15 is 0 Å². The Morgan fingerprint density at radius 3 is 2.03 bits per heavy atom. The molecule has 402 valence electrons. The molecule has 1 saturated heterocycles. The molecule has 4 heterocycles. The molecule has 0 saturated carbocycles. The van der Waals surface area contributed by atoms with Crippen molar-refractivity contribution in [2.45, 2.75) is 60.9 Å². The van der Waals surface area contributed by atoms with Gasteiger partial charge in [0.15, 0.2) is 16.9 Å². The number of hydrogen-bond donors (Lipinski definition) is 4. The van der Waals surface area contributed by atoms with Gasteiger partial charge >= 0.3 is 18.0 Å². The fraction of sp³-hybridized carbons (Fsp3) is 0.273. The average Bonchev–Trinajstić information content (AvgIpc) is 3.91. The average molecular weight is 1210 g/mol. The Labute approximate surface area is 475 Å². The molecule has 8 rings (SSSR count). The number of amides is 3. The van der Waals surface area contributed by atoms with Crippen molar-refractivity contribution in [2.75, 3.05) is 50.1 Å². The zero-order valence-electron chi connectivity index (χ0n) is 42.9. The van der Waals surface area contributed by atoms with Crippen molar-refractivity contribution in [3.05, 3.63) is 184 Å². The molecule has 2 aliphatic rings. The number of β-lactam (4-membered cyclic amide) rings is 1. The maximum atomic E-state index is 14.3.